The monoisotopic (exact) mass is 374 g/mol. The van der Waals surface area contributed by atoms with Crippen molar-refractivity contribution in [2.75, 3.05) is 19.1 Å². The molecule has 4 rings (SSSR count). The van der Waals surface area contributed by atoms with Crippen LogP contribution in [0.15, 0.2) is 23.4 Å². The lowest BCUT2D eigenvalue weighted by molar-refractivity contribution is -0.131. The van der Waals surface area contributed by atoms with Gasteiger partial charge < -0.3 is 18.9 Å². The molecule has 2 aliphatic heterocycles. The predicted molar refractivity (Wildman–Crippen MR) is 98.3 cm³/mol. The summed E-state index contributed by atoms with van der Waals surface area (Å²) < 4.78 is 12.7. The summed E-state index contributed by atoms with van der Waals surface area (Å²) in [5.41, 5.74) is 0.909. The number of likely N-dealkylation sites (tertiary alicyclic amines) is 1. The molecule has 1 saturated heterocycles. The standard InChI is InChI=1S/C18H22N4O3S/c1-12-5-3-4-8-22(12)16(23)10-26-18-20-19-17(21(18)2)13-6-7-14-15(9-13)25-11-24-14/h6-7,9,12H,3-5,8,10-11H2,1-2H3/t12-/m0/s1. The Morgan fingerprint density at radius 2 is 2.12 bits per heavy atom. The van der Waals surface area contributed by atoms with Gasteiger partial charge in [-0.25, -0.2) is 0 Å². The number of carbonyl (C=O) groups is 1. The fourth-order valence-corrected chi connectivity index (χ4v) is 4.20. The van der Waals surface area contributed by atoms with Gasteiger partial charge in [0.2, 0.25) is 12.7 Å². The minimum Gasteiger partial charge on any atom is -0.454 e. The third kappa shape index (κ3) is 3.25. The van der Waals surface area contributed by atoms with Crippen molar-refractivity contribution in [3.8, 4) is 22.9 Å². The van der Waals surface area contributed by atoms with Crippen LogP contribution in [-0.4, -0.2) is 50.7 Å². The van der Waals surface area contributed by atoms with Gasteiger partial charge in [0.15, 0.2) is 22.5 Å². The molecule has 0 unspecified atom stereocenters. The molecule has 2 aliphatic rings. The quantitative estimate of drug-likeness (QED) is 0.767. The second-order valence-electron chi connectivity index (χ2n) is 6.65. The van der Waals surface area contributed by atoms with Gasteiger partial charge in [-0.05, 0) is 44.4 Å². The van der Waals surface area contributed by atoms with Crippen LogP contribution in [0.3, 0.4) is 0 Å². The molecular formula is C18H22N4O3S. The van der Waals surface area contributed by atoms with Gasteiger partial charge in [0.05, 0.1) is 5.75 Å². The Balaban J connectivity index is 1.45. The predicted octanol–water partition coefficient (Wildman–Crippen LogP) is 2.70. The molecule has 3 heterocycles. The summed E-state index contributed by atoms with van der Waals surface area (Å²) in [4.78, 5) is 14.5. The highest BCUT2D eigenvalue weighted by Crippen LogP contribution is 2.35. The van der Waals surface area contributed by atoms with Crippen LogP contribution in [-0.2, 0) is 11.8 Å². The van der Waals surface area contributed by atoms with Gasteiger partial charge in [0, 0.05) is 25.2 Å². The number of nitrogens with zero attached hydrogens (tertiary/aromatic N) is 4. The van der Waals surface area contributed by atoms with E-state index in [0.717, 1.165) is 41.7 Å². The Morgan fingerprint density at radius 3 is 2.96 bits per heavy atom. The number of thioether (sulfide) groups is 1. The maximum Gasteiger partial charge on any atom is 0.233 e. The van der Waals surface area contributed by atoms with Crippen LogP contribution >= 0.6 is 11.8 Å². The van der Waals surface area contributed by atoms with E-state index < -0.39 is 0 Å². The maximum atomic E-state index is 12.5. The summed E-state index contributed by atoms with van der Waals surface area (Å²) in [6, 6.07) is 6.05. The zero-order valence-corrected chi connectivity index (χ0v) is 15.8. The van der Waals surface area contributed by atoms with E-state index in [-0.39, 0.29) is 12.7 Å². The zero-order chi connectivity index (χ0) is 18.1. The van der Waals surface area contributed by atoms with E-state index in [1.54, 1.807) is 0 Å². The summed E-state index contributed by atoms with van der Waals surface area (Å²) >= 11 is 1.43. The number of piperidine rings is 1. The third-order valence-corrected chi connectivity index (χ3v) is 5.92. The molecular weight excluding hydrogens is 352 g/mol. The van der Waals surface area contributed by atoms with E-state index in [1.165, 1.54) is 18.2 Å². The van der Waals surface area contributed by atoms with Crippen LogP contribution in [0.4, 0.5) is 0 Å². The number of ether oxygens (including phenoxy) is 2. The number of rotatable bonds is 4. The highest BCUT2D eigenvalue weighted by molar-refractivity contribution is 7.99. The van der Waals surface area contributed by atoms with E-state index in [2.05, 4.69) is 17.1 Å². The molecule has 0 saturated carbocycles. The summed E-state index contributed by atoms with van der Waals surface area (Å²) in [5.74, 6) is 2.76. The summed E-state index contributed by atoms with van der Waals surface area (Å²) in [6.07, 6.45) is 3.40. The van der Waals surface area contributed by atoms with Crippen molar-refractivity contribution < 1.29 is 14.3 Å². The van der Waals surface area contributed by atoms with Crippen LogP contribution < -0.4 is 9.47 Å². The van der Waals surface area contributed by atoms with Gasteiger partial charge in [-0.15, -0.1) is 10.2 Å². The second-order valence-corrected chi connectivity index (χ2v) is 7.60. The van der Waals surface area contributed by atoms with Crippen molar-refractivity contribution in [3.63, 3.8) is 0 Å². The van der Waals surface area contributed by atoms with Gasteiger partial charge >= 0.3 is 0 Å². The molecule has 0 radical (unpaired) electrons. The fraction of sp³-hybridized carbons (Fsp3) is 0.500. The Bertz CT molecular complexity index is 823. The van der Waals surface area contributed by atoms with Crippen LogP contribution in [0.2, 0.25) is 0 Å². The third-order valence-electron chi connectivity index (χ3n) is 4.91. The first kappa shape index (κ1) is 17.2. The molecule has 7 nitrogen and oxygen atoms in total. The van der Waals surface area contributed by atoms with E-state index in [1.807, 2.05) is 34.7 Å². The second kappa shape index (κ2) is 7.19. The van der Waals surface area contributed by atoms with Crippen molar-refractivity contribution in [2.45, 2.75) is 37.4 Å². The SMILES string of the molecule is C[C@H]1CCCCN1C(=O)CSc1nnc(-c2ccc3c(c2)OCO3)n1C. The summed E-state index contributed by atoms with van der Waals surface area (Å²) in [6.45, 7) is 3.24. The molecule has 8 heteroatoms. The molecule has 0 bridgehead atoms. The Labute approximate surface area is 156 Å². The van der Waals surface area contributed by atoms with Crippen LogP contribution in [0.25, 0.3) is 11.4 Å². The van der Waals surface area contributed by atoms with Crippen LogP contribution in [0.1, 0.15) is 26.2 Å². The molecule has 1 fully saturated rings. The molecule has 138 valence electrons. The molecule has 1 amide bonds. The van der Waals surface area contributed by atoms with Gasteiger partial charge in [-0.3, -0.25) is 4.79 Å². The Morgan fingerprint density at radius 1 is 1.27 bits per heavy atom. The Kier molecular flexibility index (Phi) is 4.76. The van der Waals surface area contributed by atoms with Crippen molar-refractivity contribution in [2.24, 2.45) is 7.05 Å². The summed E-state index contributed by atoms with van der Waals surface area (Å²) in [5, 5.41) is 9.27. The van der Waals surface area contributed by atoms with E-state index >= 15 is 0 Å². The molecule has 0 N–H and O–H groups in total. The number of benzene rings is 1. The number of hydrogen-bond acceptors (Lipinski definition) is 6. The number of carbonyl (C=O) groups excluding carboxylic acids is 1. The normalized spacial score (nSPS) is 19.0. The number of aromatic nitrogens is 3. The molecule has 1 atom stereocenters. The first-order chi connectivity index (χ1) is 12.6. The van der Waals surface area contributed by atoms with Crippen molar-refractivity contribution in [1.29, 1.82) is 0 Å². The number of amides is 1. The van der Waals surface area contributed by atoms with Gasteiger partial charge in [-0.2, -0.15) is 0 Å². The lowest BCUT2D eigenvalue weighted by atomic mass is 10.0. The van der Waals surface area contributed by atoms with E-state index in [9.17, 15) is 4.79 Å². The topological polar surface area (TPSA) is 69.5 Å². The Hall–Kier alpha value is -2.22. The van der Waals surface area contributed by atoms with E-state index in [4.69, 9.17) is 9.47 Å². The van der Waals surface area contributed by atoms with Crippen molar-refractivity contribution in [1.82, 2.24) is 19.7 Å². The molecule has 26 heavy (non-hydrogen) atoms. The smallest absolute Gasteiger partial charge is 0.233 e. The highest BCUT2D eigenvalue weighted by Gasteiger charge is 2.24. The first-order valence-electron chi connectivity index (χ1n) is 8.85. The minimum atomic E-state index is 0.176. The summed E-state index contributed by atoms with van der Waals surface area (Å²) in [7, 11) is 1.91. The highest BCUT2D eigenvalue weighted by atomic mass is 32.2. The number of fused-ring (bicyclic) bond motifs is 1. The van der Waals surface area contributed by atoms with Crippen molar-refractivity contribution >= 4 is 17.7 Å². The molecule has 0 spiro atoms. The molecule has 1 aromatic heterocycles. The lowest BCUT2D eigenvalue weighted by Crippen LogP contribution is -2.42. The van der Waals surface area contributed by atoms with Crippen molar-refractivity contribution in [3.05, 3.63) is 18.2 Å². The largest absolute Gasteiger partial charge is 0.454 e. The zero-order valence-electron chi connectivity index (χ0n) is 15.0. The number of hydrogen-bond donors (Lipinski definition) is 0. The van der Waals surface area contributed by atoms with Crippen LogP contribution in [0, 0.1) is 0 Å². The fourth-order valence-electron chi connectivity index (χ4n) is 3.41. The average molecular weight is 374 g/mol. The molecule has 2 aromatic rings. The average Bonchev–Trinajstić information content (AvgIpc) is 3.26. The van der Waals surface area contributed by atoms with Gasteiger partial charge in [0.25, 0.3) is 0 Å². The van der Waals surface area contributed by atoms with E-state index in [0.29, 0.717) is 17.5 Å². The van der Waals surface area contributed by atoms with Gasteiger partial charge in [-0.1, -0.05) is 11.8 Å². The minimum absolute atomic E-state index is 0.176. The lowest BCUT2D eigenvalue weighted by Gasteiger charge is -2.33. The first-order valence-corrected chi connectivity index (χ1v) is 9.83. The van der Waals surface area contributed by atoms with Gasteiger partial charge in [0.1, 0.15) is 0 Å². The van der Waals surface area contributed by atoms with Crippen LogP contribution in [0.5, 0.6) is 11.5 Å². The molecule has 1 aromatic carbocycles. The molecule has 0 aliphatic carbocycles. The maximum absolute atomic E-state index is 12.5.